The number of fused-ring (bicyclic) bond motifs is 1. The fourth-order valence-corrected chi connectivity index (χ4v) is 4.14. The standard InChI is InChI=1S/C19H23NO3S/c1-13-9-14(2)11-16(10-13)20-24(21,22)17-5-6-18-15(12-17)7-8-19(3,4)23-18/h5-6,9-12,20H,7-8H2,1-4H3. The molecule has 24 heavy (non-hydrogen) atoms. The molecule has 5 heteroatoms. The predicted molar refractivity (Wildman–Crippen MR) is 96.2 cm³/mol. The number of rotatable bonds is 3. The van der Waals surface area contributed by atoms with Gasteiger partial charge in [0.15, 0.2) is 0 Å². The van der Waals surface area contributed by atoms with E-state index in [0.717, 1.165) is 35.3 Å². The highest BCUT2D eigenvalue weighted by atomic mass is 32.2. The van der Waals surface area contributed by atoms with Crippen molar-refractivity contribution in [3.63, 3.8) is 0 Å². The Bertz CT molecular complexity index is 865. The Balaban J connectivity index is 1.90. The highest BCUT2D eigenvalue weighted by molar-refractivity contribution is 7.92. The van der Waals surface area contributed by atoms with E-state index in [1.807, 2.05) is 45.9 Å². The lowest BCUT2D eigenvalue weighted by atomic mass is 9.94. The van der Waals surface area contributed by atoms with Gasteiger partial charge in [0.05, 0.1) is 4.90 Å². The molecule has 0 spiro atoms. The first-order chi connectivity index (χ1) is 11.1. The highest BCUT2D eigenvalue weighted by Crippen LogP contribution is 2.34. The van der Waals surface area contributed by atoms with Crippen molar-refractivity contribution in [2.45, 2.75) is 51.0 Å². The Kier molecular flexibility index (Phi) is 4.08. The minimum Gasteiger partial charge on any atom is -0.488 e. The molecule has 128 valence electrons. The van der Waals surface area contributed by atoms with Gasteiger partial charge in [0.1, 0.15) is 11.4 Å². The Morgan fingerprint density at radius 2 is 1.71 bits per heavy atom. The number of nitrogens with one attached hydrogen (secondary N) is 1. The summed E-state index contributed by atoms with van der Waals surface area (Å²) in [5, 5.41) is 0. The first-order valence-corrected chi connectivity index (χ1v) is 9.56. The molecule has 1 aliphatic heterocycles. The number of aryl methyl sites for hydroxylation is 3. The molecule has 0 saturated heterocycles. The third-order valence-corrected chi connectivity index (χ3v) is 5.58. The van der Waals surface area contributed by atoms with Crippen molar-refractivity contribution >= 4 is 15.7 Å². The molecule has 0 amide bonds. The number of hydrogen-bond donors (Lipinski definition) is 1. The van der Waals surface area contributed by atoms with Gasteiger partial charge in [0, 0.05) is 5.69 Å². The van der Waals surface area contributed by atoms with Gasteiger partial charge in [-0.05, 0) is 87.6 Å². The third kappa shape index (κ3) is 3.56. The molecule has 1 N–H and O–H groups in total. The van der Waals surface area contributed by atoms with Crippen LogP contribution in [0.15, 0.2) is 41.3 Å². The van der Waals surface area contributed by atoms with Gasteiger partial charge in [0.2, 0.25) is 0 Å². The van der Waals surface area contributed by atoms with Crippen LogP contribution >= 0.6 is 0 Å². The van der Waals surface area contributed by atoms with Crippen LogP contribution in [0, 0.1) is 13.8 Å². The van der Waals surface area contributed by atoms with E-state index in [-0.39, 0.29) is 10.5 Å². The highest BCUT2D eigenvalue weighted by Gasteiger charge is 2.27. The van der Waals surface area contributed by atoms with Gasteiger partial charge < -0.3 is 4.74 Å². The number of benzene rings is 2. The summed E-state index contributed by atoms with van der Waals surface area (Å²) in [7, 11) is -3.61. The fraction of sp³-hybridized carbons (Fsp3) is 0.368. The lowest BCUT2D eigenvalue weighted by Crippen LogP contribution is -2.32. The number of ether oxygens (including phenoxy) is 1. The molecule has 3 rings (SSSR count). The zero-order chi connectivity index (χ0) is 17.5. The summed E-state index contributed by atoms with van der Waals surface area (Å²) in [5.41, 5.74) is 3.37. The Morgan fingerprint density at radius 3 is 2.38 bits per heavy atom. The van der Waals surface area contributed by atoms with Gasteiger partial charge in [-0.2, -0.15) is 0 Å². The van der Waals surface area contributed by atoms with Crippen LogP contribution in [0.2, 0.25) is 0 Å². The first kappa shape index (κ1) is 16.8. The zero-order valence-electron chi connectivity index (χ0n) is 14.5. The van der Waals surface area contributed by atoms with Gasteiger partial charge in [-0.3, -0.25) is 4.72 Å². The van der Waals surface area contributed by atoms with E-state index in [1.165, 1.54) is 0 Å². The molecular weight excluding hydrogens is 322 g/mol. The average molecular weight is 345 g/mol. The van der Waals surface area contributed by atoms with Crippen LogP contribution < -0.4 is 9.46 Å². The van der Waals surface area contributed by atoms with Crippen LogP contribution in [0.3, 0.4) is 0 Å². The summed E-state index contributed by atoms with van der Waals surface area (Å²) in [6, 6.07) is 10.7. The average Bonchev–Trinajstić information content (AvgIpc) is 2.44. The summed E-state index contributed by atoms with van der Waals surface area (Å²) < 4.78 is 34.0. The van der Waals surface area contributed by atoms with Crippen LogP contribution in [0.25, 0.3) is 0 Å². The van der Waals surface area contributed by atoms with Crippen molar-refractivity contribution < 1.29 is 13.2 Å². The minimum atomic E-state index is -3.61. The Labute approximate surface area is 143 Å². The van der Waals surface area contributed by atoms with E-state index >= 15 is 0 Å². The van der Waals surface area contributed by atoms with Crippen LogP contribution in [0.5, 0.6) is 5.75 Å². The number of sulfonamides is 1. The van der Waals surface area contributed by atoms with Crippen molar-refractivity contribution in [3.8, 4) is 5.75 Å². The van der Waals surface area contributed by atoms with Crippen LogP contribution in [0.4, 0.5) is 5.69 Å². The molecule has 2 aromatic rings. The van der Waals surface area contributed by atoms with Crippen molar-refractivity contribution in [2.24, 2.45) is 0 Å². The van der Waals surface area contributed by atoms with Crippen molar-refractivity contribution in [2.75, 3.05) is 4.72 Å². The second-order valence-corrected chi connectivity index (χ2v) is 8.80. The number of hydrogen-bond acceptors (Lipinski definition) is 3. The van der Waals surface area contributed by atoms with Gasteiger partial charge in [-0.25, -0.2) is 8.42 Å². The molecule has 0 saturated carbocycles. The van der Waals surface area contributed by atoms with Crippen molar-refractivity contribution in [1.82, 2.24) is 0 Å². The summed E-state index contributed by atoms with van der Waals surface area (Å²) in [6.07, 6.45) is 1.68. The Morgan fingerprint density at radius 1 is 1.04 bits per heavy atom. The van der Waals surface area contributed by atoms with E-state index in [9.17, 15) is 8.42 Å². The lowest BCUT2D eigenvalue weighted by Gasteiger charge is -2.32. The van der Waals surface area contributed by atoms with E-state index < -0.39 is 10.0 Å². The molecule has 4 nitrogen and oxygen atoms in total. The molecule has 0 bridgehead atoms. The summed E-state index contributed by atoms with van der Waals surface area (Å²) in [4.78, 5) is 0.267. The smallest absolute Gasteiger partial charge is 0.261 e. The third-order valence-electron chi connectivity index (χ3n) is 4.20. The summed E-state index contributed by atoms with van der Waals surface area (Å²) in [6.45, 7) is 7.98. The minimum absolute atomic E-state index is 0.204. The van der Waals surface area contributed by atoms with E-state index in [0.29, 0.717) is 5.69 Å². The summed E-state index contributed by atoms with van der Waals surface area (Å²) in [5.74, 6) is 0.775. The van der Waals surface area contributed by atoms with E-state index in [4.69, 9.17) is 4.74 Å². The van der Waals surface area contributed by atoms with Crippen LogP contribution in [-0.2, 0) is 16.4 Å². The maximum absolute atomic E-state index is 12.7. The zero-order valence-corrected chi connectivity index (χ0v) is 15.3. The molecular formula is C19H23NO3S. The van der Waals surface area contributed by atoms with Crippen molar-refractivity contribution in [1.29, 1.82) is 0 Å². The van der Waals surface area contributed by atoms with Crippen molar-refractivity contribution in [3.05, 3.63) is 53.1 Å². The largest absolute Gasteiger partial charge is 0.488 e. The number of anilines is 1. The fourth-order valence-electron chi connectivity index (χ4n) is 3.05. The molecule has 2 aromatic carbocycles. The second kappa shape index (κ2) is 5.81. The normalized spacial score (nSPS) is 16.2. The topological polar surface area (TPSA) is 55.4 Å². The molecule has 0 fully saturated rings. The summed E-state index contributed by atoms with van der Waals surface area (Å²) >= 11 is 0. The second-order valence-electron chi connectivity index (χ2n) is 7.11. The molecule has 0 atom stereocenters. The molecule has 0 aliphatic carbocycles. The lowest BCUT2D eigenvalue weighted by molar-refractivity contribution is 0.0845. The molecule has 1 aliphatic rings. The van der Waals surface area contributed by atoms with Gasteiger partial charge in [-0.15, -0.1) is 0 Å². The van der Waals surface area contributed by atoms with Crippen LogP contribution in [0.1, 0.15) is 37.0 Å². The SMILES string of the molecule is Cc1cc(C)cc(NS(=O)(=O)c2ccc3c(c2)CCC(C)(C)O3)c1. The molecule has 0 radical (unpaired) electrons. The quantitative estimate of drug-likeness (QED) is 0.907. The first-order valence-electron chi connectivity index (χ1n) is 8.08. The van der Waals surface area contributed by atoms with Gasteiger partial charge in [-0.1, -0.05) is 6.07 Å². The van der Waals surface area contributed by atoms with E-state index in [1.54, 1.807) is 18.2 Å². The van der Waals surface area contributed by atoms with Gasteiger partial charge >= 0.3 is 0 Å². The maximum Gasteiger partial charge on any atom is 0.261 e. The molecule has 1 heterocycles. The Hall–Kier alpha value is -2.01. The molecule has 0 aromatic heterocycles. The maximum atomic E-state index is 12.7. The monoisotopic (exact) mass is 345 g/mol. The van der Waals surface area contributed by atoms with E-state index in [2.05, 4.69) is 4.72 Å². The molecule has 0 unspecified atom stereocenters. The van der Waals surface area contributed by atoms with Gasteiger partial charge in [0.25, 0.3) is 10.0 Å². The predicted octanol–water partition coefficient (Wildman–Crippen LogP) is 4.21. The van der Waals surface area contributed by atoms with Crippen LogP contribution in [-0.4, -0.2) is 14.0 Å².